The third-order valence-electron chi connectivity index (χ3n) is 3.04. The molecule has 0 heterocycles. The number of carbonyl (C=O) groups is 1. The van der Waals surface area contributed by atoms with Crippen LogP contribution in [-0.4, -0.2) is 19.1 Å². The predicted octanol–water partition coefficient (Wildman–Crippen LogP) is 3.49. The highest BCUT2D eigenvalue weighted by molar-refractivity contribution is 5.94. The molecule has 4 nitrogen and oxygen atoms in total. The Hall–Kier alpha value is -2.49. The summed E-state index contributed by atoms with van der Waals surface area (Å²) in [6.07, 6.45) is 0.0589. The van der Waals surface area contributed by atoms with Gasteiger partial charge in [0.2, 0.25) is 0 Å². The molecular weight excluding hydrogens is 266 g/mol. The molecule has 0 aliphatic rings. The van der Waals surface area contributed by atoms with Crippen LogP contribution in [0.2, 0.25) is 0 Å². The molecule has 2 aromatic carbocycles. The average molecular weight is 285 g/mol. The van der Waals surface area contributed by atoms with E-state index in [1.54, 1.807) is 31.4 Å². The number of methoxy groups -OCH3 is 1. The van der Waals surface area contributed by atoms with Gasteiger partial charge in [0.15, 0.2) is 6.10 Å². The quantitative estimate of drug-likeness (QED) is 0.883. The zero-order valence-corrected chi connectivity index (χ0v) is 12.2. The van der Waals surface area contributed by atoms with Gasteiger partial charge < -0.3 is 14.8 Å². The predicted molar refractivity (Wildman–Crippen MR) is 82.8 cm³/mol. The maximum Gasteiger partial charge on any atom is 0.265 e. The van der Waals surface area contributed by atoms with E-state index in [1.165, 1.54) is 0 Å². The van der Waals surface area contributed by atoms with Gasteiger partial charge in [-0.3, -0.25) is 4.79 Å². The number of ether oxygens (including phenoxy) is 2. The van der Waals surface area contributed by atoms with E-state index < -0.39 is 6.10 Å². The zero-order valence-electron chi connectivity index (χ0n) is 12.2. The van der Waals surface area contributed by atoms with Crippen molar-refractivity contribution in [2.45, 2.75) is 19.4 Å². The van der Waals surface area contributed by atoms with E-state index in [0.717, 1.165) is 11.4 Å². The number of benzene rings is 2. The van der Waals surface area contributed by atoms with Gasteiger partial charge in [0.05, 0.1) is 7.11 Å². The van der Waals surface area contributed by atoms with Crippen LogP contribution in [0, 0.1) is 0 Å². The van der Waals surface area contributed by atoms with Gasteiger partial charge in [-0.2, -0.15) is 0 Å². The van der Waals surface area contributed by atoms with Gasteiger partial charge in [-0.1, -0.05) is 25.1 Å². The van der Waals surface area contributed by atoms with Gasteiger partial charge in [0, 0.05) is 5.69 Å². The van der Waals surface area contributed by atoms with E-state index in [9.17, 15) is 4.79 Å². The van der Waals surface area contributed by atoms with Crippen LogP contribution in [0.4, 0.5) is 5.69 Å². The highest BCUT2D eigenvalue weighted by Crippen LogP contribution is 2.19. The Balaban J connectivity index is 1.99. The van der Waals surface area contributed by atoms with Gasteiger partial charge in [0.1, 0.15) is 11.5 Å². The van der Waals surface area contributed by atoms with Crippen molar-refractivity contribution in [1.82, 2.24) is 0 Å². The smallest absolute Gasteiger partial charge is 0.265 e. The largest absolute Gasteiger partial charge is 0.497 e. The van der Waals surface area contributed by atoms with E-state index in [-0.39, 0.29) is 5.91 Å². The van der Waals surface area contributed by atoms with Crippen molar-refractivity contribution in [3.63, 3.8) is 0 Å². The fraction of sp³-hybridized carbons (Fsp3) is 0.235. The second kappa shape index (κ2) is 7.33. The lowest BCUT2D eigenvalue weighted by Crippen LogP contribution is -2.32. The van der Waals surface area contributed by atoms with Gasteiger partial charge in [-0.05, 0) is 42.8 Å². The third-order valence-corrected chi connectivity index (χ3v) is 3.04. The third kappa shape index (κ3) is 4.24. The van der Waals surface area contributed by atoms with Gasteiger partial charge >= 0.3 is 0 Å². The number of hydrogen-bond acceptors (Lipinski definition) is 3. The molecule has 0 saturated heterocycles. The first-order chi connectivity index (χ1) is 10.2. The Kier molecular flexibility index (Phi) is 5.21. The van der Waals surface area contributed by atoms with Crippen LogP contribution in [0.3, 0.4) is 0 Å². The summed E-state index contributed by atoms with van der Waals surface area (Å²) < 4.78 is 10.8. The molecule has 1 atom stereocenters. The number of amides is 1. The first-order valence-electron chi connectivity index (χ1n) is 6.89. The number of rotatable bonds is 6. The minimum atomic E-state index is -0.529. The molecule has 0 unspecified atom stereocenters. The van der Waals surface area contributed by atoms with Crippen molar-refractivity contribution in [3.8, 4) is 11.5 Å². The van der Waals surface area contributed by atoms with Crippen molar-refractivity contribution >= 4 is 11.6 Å². The summed E-state index contributed by atoms with van der Waals surface area (Å²) in [4.78, 5) is 12.2. The summed E-state index contributed by atoms with van der Waals surface area (Å²) in [6.45, 7) is 1.92. The van der Waals surface area contributed by atoms with Gasteiger partial charge in [-0.25, -0.2) is 0 Å². The molecular formula is C17H19NO3. The summed E-state index contributed by atoms with van der Waals surface area (Å²) >= 11 is 0. The standard InChI is InChI=1S/C17H19NO3/c1-3-16(17(19)18-13-7-5-4-6-8-13)21-15-11-9-14(20-2)10-12-15/h4-12,16H,3H2,1-2H3,(H,18,19)/t16-/m0/s1. The fourth-order valence-corrected chi connectivity index (χ4v) is 1.89. The molecule has 0 bridgehead atoms. The molecule has 0 spiro atoms. The van der Waals surface area contributed by atoms with Crippen LogP contribution in [0.25, 0.3) is 0 Å². The maximum absolute atomic E-state index is 12.2. The summed E-state index contributed by atoms with van der Waals surface area (Å²) in [7, 11) is 1.61. The van der Waals surface area contributed by atoms with Gasteiger partial charge in [-0.15, -0.1) is 0 Å². The second-order valence-electron chi connectivity index (χ2n) is 4.55. The SMILES string of the molecule is CC[C@H](Oc1ccc(OC)cc1)C(=O)Nc1ccccc1. The number of para-hydroxylation sites is 1. The number of hydrogen-bond donors (Lipinski definition) is 1. The molecule has 1 amide bonds. The van der Waals surface area contributed by atoms with Crippen molar-refractivity contribution in [1.29, 1.82) is 0 Å². The first kappa shape index (κ1) is 14.9. The number of anilines is 1. The van der Waals surface area contributed by atoms with E-state index in [1.807, 2.05) is 37.3 Å². The first-order valence-corrected chi connectivity index (χ1v) is 6.89. The van der Waals surface area contributed by atoms with Crippen LogP contribution in [0.1, 0.15) is 13.3 Å². The summed E-state index contributed by atoms with van der Waals surface area (Å²) in [5.74, 6) is 1.24. The van der Waals surface area contributed by atoms with Crippen LogP contribution >= 0.6 is 0 Å². The molecule has 0 saturated carbocycles. The Morgan fingerprint density at radius 2 is 1.67 bits per heavy atom. The van der Waals surface area contributed by atoms with Crippen molar-refractivity contribution < 1.29 is 14.3 Å². The average Bonchev–Trinajstić information content (AvgIpc) is 2.54. The van der Waals surface area contributed by atoms with E-state index in [4.69, 9.17) is 9.47 Å². The number of nitrogens with one attached hydrogen (secondary N) is 1. The van der Waals surface area contributed by atoms with Crippen LogP contribution in [-0.2, 0) is 4.79 Å². The molecule has 2 rings (SSSR count). The van der Waals surface area contributed by atoms with Crippen molar-refractivity contribution in [3.05, 3.63) is 54.6 Å². The van der Waals surface area contributed by atoms with Crippen LogP contribution in [0.5, 0.6) is 11.5 Å². The lowest BCUT2D eigenvalue weighted by molar-refractivity contribution is -0.122. The monoisotopic (exact) mass is 285 g/mol. The minimum Gasteiger partial charge on any atom is -0.497 e. The van der Waals surface area contributed by atoms with E-state index >= 15 is 0 Å². The number of carbonyl (C=O) groups excluding carboxylic acids is 1. The molecule has 21 heavy (non-hydrogen) atoms. The summed E-state index contributed by atoms with van der Waals surface area (Å²) in [5.41, 5.74) is 0.763. The molecule has 0 aromatic heterocycles. The van der Waals surface area contributed by atoms with Crippen LogP contribution in [0.15, 0.2) is 54.6 Å². The highest BCUT2D eigenvalue weighted by Gasteiger charge is 2.18. The Labute approximate surface area is 124 Å². The Morgan fingerprint density at radius 1 is 1.05 bits per heavy atom. The normalized spacial score (nSPS) is 11.5. The van der Waals surface area contributed by atoms with Gasteiger partial charge in [0.25, 0.3) is 5.91 Å². The molecule has 0 aliphatic heterocycles. The molecule has 0 fully saturated rings. The molecule has 0 radical (unpaired) electrons. The molecule has 0 aliphatic carbocycles. The fourth-order valence-electron chi connectivity index (χ4n) is 1.89. The summed E-state index contributed by atoms with van der Waals surface area (Å²) in [6, 6.07) is 16.5. The van der Waals surface area contributed by atoms with E-state index in [2.05, 4.69) is 5.32 Å². The van der Waals surface area contributed by atoms with Crippen molar-refractivity contribution in [2.75, 3.05) is 12.4 Å². The van der Waals surface area contributed by atoms with E-state index in [0.29, 0.717) is 12.2 Å². The second-order valence-corrected chi connectivity index (χ2v) is 4.55. The Morgan fingerprint density at radius 3 is 2.24 bits per heavy atom. The molecule has 110 valence electrons. The maximum atomic E-state index is 12.2. The highest BCUT2D eigenvalue weighted by atomic mass is 16.5. The lowest BCUT2D eigenvalue weighted by atomic mass is 10.2. The minimum absolute atomic E-state index is 0.153. The molecule has 1 N–H and O–H groups in total. The van der Waals surface area contributed by atoms with Crippen LogP contribution < -0.4 is 14.8 Å². The van der Waals surface area contributed by atoms with Crippen molar-refractivity contribution in [2.24, 2.45) is 0 Å². The molecule has 2 aromatic rings. The lowest BCUT2D eigenvalue weighted by Gasteiger charge is -2.17. The topological polar surface area (TPSA) is 47.6 Å². The Bertz CT molecular complexity index is 566. The molecule has 4 heteroatoms. The zero-order chi connectivity index (χ0) is 15.1. The summed E-state index contributed by atoms with van der Waals surface area (Å²) in [5, 5.41) is 2.85.